The molecule has 11 rings (SSSR count). The van der Waals surface area contributed by atoms with Gasteiger partial charge in [-0.05, 0) is 134 Å². The Hall–Kier alpha value is -6.76. The van der Waals surface area contributed by atoms with Crippen molar-refractivity contribution in [1.82, 2.24) is 0 Å². The van der Waals surface area contributed by atoms with Gasteiger partial charge < -0.3 is 0 Å². The molecule has 1 aliphatic rings. The maximum atomic E-state index is 2.43. The minimum Gasteiger partial charge on any atom is -0.0619 e. The van der Waals surface area contributed by atoms with Gasteiger partial charge in [-0.1, -0.05) is 184 Å². The number of benzene rings is 10. The van der Waals surface area contributed by atoms with E-state index in [1.54, 1.807) is 0 Å². The van der Waals surface area contributed by atoms with Crippen molar-refractivity contribution < 1.29 is 0 Å². The average molecular weight is 699 g/mol. The van der Waals surface area contributed by atoms with Crippen LogP contribution in [-0.4, -0.2) is 0 Å². The normalized spacial score (nSPS) is 13.1. The standard InChI is InChI=1S/C55H38/c1-55(2)51-22-12-11-17-44(51)45-30-29-39(34-52(45)55)36-23-25-37(26-24-36)42-32-40-15-5-6-16-43(40)50(33-42)54-48-20-9-7-18-46(48)53(47-19-8-10-21-49(47)54)41-28-27-35-13-3-4-14-38(35)31-41/h3-34H,1-2H3. The molecular weight excluding hydrogens is 661 g/mol. The largest absolute Gasteiger partial charge is 0.0619 e. The lowest BCUT2D eigenvalue weighted by atomic mass is 9.81. The molecule has 10 aromatic rings. The molecular formula is C55H38. The predicted octanol–water partition coefficient (Wildman–Crippen LogP) is 15.3. The molecule has 0 aliphatic heterocycles. The molecule has 0 radical (unpaired) electrons. The fourth-order valence-electron chi connectivity index (χ4n) is 9.50. The molecule has 0 atom stereocenters. The second-order valence-electron chi connectivity index (χ2n) is 15.7. The first-order chi connectivity index (χ1) is 27.0. The first-order valence-electron chi connectivity index (χ1n) is 19.3. The molecule has 10 aromatic carbocycles. The van der Waals surface area contributed by atoms with Crippen molar-refractivity contribution in [3.8, 4) is 55.6 Å². The zero-order valence-corrected chi connectivity index (χ0v) is 31.0. The Kier molecular flexibility index (Phi) is 7.00. The first-order valence-corrected chi connectivity index (χ1v) is 19.3. The molecule has 0 saturated carbocycles. The van der Waals surface area contributed by atoms with Gasteiger partial charge in [0.05, 0.1) is 0 Å². The molecule has 0 aromatic heterocycles. The monoisotopic (exact) mass is 698 g/mol. The highest BCUT2D eigenvalue weighted by Gasteiger charge is 2.35. The highest BCUT2D eigenvalue weighted by Crippen LogP contribution is 2.50. The summed E-state index contributed by atoms with van der Waals surface area (Å²) >= 11 is 0. The van der Waals surface area contributed by atoms with Gasteiger partial charge in [0.1, 0.15) is 0 Å². The fourth-order valence-corrected chi connectivity index (χ4v) is 9.50. The van der Waals surface area contributed by atoms with Gasteiger partial charge in [0.15, 0.2) is 0 Å². The van der Waals surface area contributed by atoms with E-state index in [1.807, 2.05) is 0 Å². The van der Waals surface area contributed by atoms with Gasteiger partial charge >= 0.3 is 0 Å². The van der Waals surface area contributed by atoms with Crippen LogP contribution in [0.4, 0.5) is 0 Å². The second-order valence-corrected chi connectivity index (χ2v) is 15.7. The van der Waals surface area contributed by atoms with E-state index in [0.29, 0.717) is 0 Å². The van der Waals surface area contributed by atoms with Crippen LogP contribution < -0.4 is 0 Å². The highest BCUT2D eigenvalue weighted by atomic mass is 14.4. The summed E-state index contributed by atoms with van der Waals surface area (Å²) in [5, 5.41) is 10.1. The maximum Gasteiger partial charge on any atom is 0.0159 e. The molecule has 1 aliphatic carbocycles. The van der Waals surface area contributed by atoms with E-state index >= 15 is 0 Å². The third kappa shape index (κ3) is 4.92. The number of hydrogen-bond donors (Lipinski definition) is 0. The summed E-state index contributed by atoms with van der Waals surface area (Å²) in [5.74, 6) is 0. The van der Waals surface area contributed by atoms with E-state index in [-0.39, 0.29) is 5.41 Å². The molecule has 0 heteroatoms. The van der Waals surface area contributed by atoms with E-state index in [1.165, 1.54) is 110 Å². The minimum atomic E-state index is -0.0224. The van der Waals surface area contributed by atoms with Gasteiger partial charge in [-0.3, -0.25) is 0 Å². The fraction of sp³-hybridized carbons (Fsp3) is 0.0545. The highest BCUT2D eigenvalue weighted by molar-refractivity contribution is 6.24. The SMILES string of the molecule is CC1(C)c2ccccc2-c2ccc(-c3ccc(-c4cc(-c5c6ccccc6c(-c6ccc7ccccc7c6)c6ccccc56)c5ccccc5c4)cc3)cc21. The average Bonchev–Trinajstić information content (AvgIpc) is 3.47. The molecule has 55 heavy (non-hydrogen) atoms. The van der Waals surface area contributed by atoms with Gasteiger partial charge in [0, 0.05) is 5.41 Å². The van der Waals surface area contributed by atoms with Crippen LogP contribution in [0.1, 0.15) is 25.0 Å². The summed E-state index contributed by atoms with van der Waals surface area (Å²) in [7, 11) is 0. The van der Waals surface area contributed by atoms with E-state index in [0.717, 1.165) is 0 Å². The Labute approximate surface area is 322 Å². The molecule has 0 unspecified atom stereocenters. The smallest absolute Gasteiger partial charge is 0.0159 e. The quantitative estimate of drug-likeness (QED) is 0.161. The summed E-state index contributed by atoms with van der Waals surface area (Å²) < 4.78 is 0. The number of rotatable bonds is 4. The third-order valence-electron chi connectivity index (χ3n) is 12.2. The Morgan fingerprint density at radius 3 is 1.47 bits per heavy atom. The van der Waals surface area contributed by atoms with Crippen molar-refractivity contribution in [1.29, 1.82) is 0 Å². The molecule has 0 amide bonds. The molecule has 0 bridgehead atoms. The number of hydrogen-bond acceptors (Lipinski definition) is 0. The maximum absolute atomic E-state index is 2.43. The van der Waals surface area contributed by atoms with E-state index in [4.69, 9.17) is 0 Å². The van der Waals surface area contributed by atoms with Crippen LogP contribution in [0.2, 0.25) is 0 Å². The van der Waals surface area contributed by atoms with Crippen LogP contribution >= 0.6 is 0 Å². The van der Waals surface area contributed by atoms with Crippen molar-refractivity contribution >= 4 is 43.1 Å². The summed E-state index contributed by atoms with van der Waals surface area (Å²) in [4.78, 5) is 0. The zero-order chi connectivity index (χ0) is 36.7. The predicted molar refractivity (Wildman–Crippen MR) is 236 cm³/mol. The molecule has 0 spiro atoms. The topological polar surface area (TPSA) is 0 Å². The zero-order valence-electron chi connectivity index (χ0n) is 31.0. The molecule has 0 N–H and O–H groups in total. The Balaban J connectivity index is 1.07. The summed E-state index contributed by atoms with van der Waals surface area (Å²) in [6.07, 6.45) is 0. The van der Waals surface area contributed by atoms with Gasteiger partial charge in [-0.15, -0.1) is 0 Å². The van der Waals surface area contributed by atoms with Gasteiger partial charge in [0.25, 0.3) is 0 Å². The van der Waals surface area contributed by atoms with E-state index < -0.39 is 0 Å². The lowest BCUT2D eigenvalue weighted by Crippen LogP contribution is -2.14. The van der Waals surface area contributed by atoms with Crippen LogP contribution in [0.15, 0.2) is 194 Å². The number of fused-ring (bicyclic) bond motifs is 7. The van der Waals surface area contributed by atoms with Gasteiger partial charge in [-0.2, -0.15) is 0 Å². The molecule has 0 nitrogen and oxygen atoms in total. The van der Waals surface area contributed by atoms with Gasteiger partial charge in [-0.25, -0.2) is 0 Å². The Morgan fingerprint density at radius 1 is 0.273 bits per heavy atom. The summed E-state index contributed by atoms with van der Waals surface area (Å²) in [6, 6.07) is 72.3. The molecule has 0 heterocycles. The van der Waals surface area contributed by atoms with Crippen molar-refractivity contribution in [3.63, 3.8) is 0 Å². The molecule has 258 valence electrons. The van der Waals surface area contributed by atoms with Crippen LogP contribution in [0.3, 0.4) is 0 Å². The molecule has 0 saturated heterocycles. The lowest BCUT2D eigenvalue weighted by Gasteiger charge is -2.22. The van der Waals surface area contributed by atoms with Crippen LogP contribution in [0.25, 0.3) is 98.7 Å². The van der Waals surface area contributed by atoms with Crippen LogP contribution in [-0.2, 0) is 5.41 Å². The lowest BCUT2D eigenvalue weighted by molar-refractivity contribution is 0.660. The first kappa shape index (κ1) is 31.7. The van der Waals surface area contributed by atoms with Gasteiger partial charge in [0.2, 0.25) is 0 Å². The van der Waals surface area contributed by atoms with E-state index in [2.05, 4.69) is 208 Å². The van der Waals surface area contributed by atoms with Crippen molar-refractivity contribution in [2.45, 2.75) is 19.3 Å². The van der Waals surface area contributed by atoms with E-state index in [9.17, 15) is 0 Å². The van der Waals surface area contributed by atoms with Crippen molar-refractivity contribution in [2.24, 2.45) is 0 Å². The Morgan fingerprint density at radius 2 is 0.764 bits per heavy atom. The van der Waals surface area contributed by atoms with Crippen LogP contribution in [0.5, 0.6) is 0 Å². The van der Waals surface area contributed by atoms with Crippen LogP contribution in [0, 0.1) is 0 Å². The minimum absolute atomic E-state index is 0.0224. The summed E-state index contributed by atoms with van der Waals surface area (Å²) in [6.45, 7) is 4.70. The Bertz CT molecular complexity index is 3100. The summed E-state index contributed by atoms with van der Waals surface area (Å²) in [5.41, 5.74) is 15.5. The second kappa shape index (κ2) is 12.1. The molecule has 0 fully saturated rings. The van der Waals surface area contributed by atoms with Crippen molar-refractivity contribution in [2.75, 3.05) is 0 Å². The third-order valence-corrected chi connectivity index (χ3v) is 12.2. The van der Waals surface area contributed by atoms with Crippen molar-refractivity contribution in [3.05, 3.63) is 205 Å².